The second kappa shape index (κ2) is 5.07. The van der Waals surface area contributed by atoms with Crippen molar-refractivity contribution in [1.82, 2.24) is 10.6 Å². The van der Waals surface area contributed by atoms with Gasteiger partial charge >= 0.3 is 18.0 Å². The maximum absolute atomic E-state index is 12.4. The van der Waals surface area contributed by atoms with E-state index in [1.165, 1.54) is 5.32 Å². The number of carbonyl (C=O) groups excluding carboxylic acids is 2. The van der Waals surface area contributed by atoms with Gasteiger partial charge in [-0.2, -0.15) is 22.0 Å². The van der Waals surface area contributed by atoms with E-state index < -0.39 is 36.0 Å². The van der Waals surface area contributed by atoms with Gasteiger partial charge in [0.2, 0.25) is 5.91 Å². The van der Waals surface area contributed by atoms with Crippen molar-refractivity contribution in [3.63, 3.8) is 0 Å². The van der Waals surface area contributed by atoms with E-state index in [-0.39, 0.29) is 0 Å². The van der Waals surface area contributed by atoms with Crippen LogP contribution in [-0.4, -0.2) is 36.0 Å². The zero-order valence-electron chi connectivity index (χ0n) is 9.91. The molecule has 0 rings (SSSR count). The van der Waals surface area contributed by atoms with Gasteiger partial charge in [-0.3, -0.25) is 9.59 Å². The fraction of sp³-hybridized carbons (Fsp3) is 0.778. The summed E-state index contributed by atoms with van der Waals surface area (Å²) in [5.74, 6) is -8.94. The fourth-order valence-corrected chi connectivity index (χ4v) is 0.863. The normalized spacial score (nSPS) is 13.1. The highest BCUT2D eigenvalue weighted by Gasteiger charge is 2.63. The summed E-state index contributed by atoms with van der Waals surface area (Å²) in [6.45, 7) is 3.78. The minimum absolute atomic E-state index is 0.686. The minimum atomic E-state index is -5.99. The number of alkyl halides is 5. The van der Waals surface area contributed by atoms with Gasteiger partial charge in [-0.05, 0) is 20.8 Å². The summed E-state index contributed by atoms with van der Waals surface area (Å²) in [5, 5.41) is 3.52. The molecule has 18 heavy (non-hydrogen) atoms. The smallest absolute Gasteiger partial charge is 0.350 e. The lowest BCUT2D eigenvalue weighted by molar-refractivity contribution is -0.269. The van der Waals surface area contributed by atoms with E-state index >= 15 is 0 Å². The van der Waals surface area contributed by atoms with Crippen molar-refractivity contribution in [3.8, 4) is 0 Å². The van der Waals surface area contributed by atoms with Crippen LogP contribution in [0.2, 0.25) is 0 Å². The summed E-state index contributed by atoms with van der Waals surface area (Å²) in [5.41, 5.74) is -0.686. The largest absolute Gasteiger partial charge is 0.463 e. The number of nitrogens with one attached hydrogen (secondary N) is 2. The highest BCUT2D eigenvalue weighted by Crippen LogP contribution is 2.35. The van der Waals surface area contributed by atoms with Crippen LogP contribution in [0.3, 0.4) is 0 Å². The van der Waals surface area contributed by atoms with E-state index in [9.17, 15) is 31.5 Å². The Kier molecular flexibility index (Phi) is 4.67. The molecule has 4 nitrogen and oxygen atoms in total. The molecular weight excluding hydrogens is 263 g/mol. The van der Waals surface area contributed by atoms with Crippen molar-refractivity contribution < 1.29 is 31.5 Å². The minimum Gasteiger partial charge on any atom is -0.350 e. The van der Waals surface area contributed by atoms with Crippen LogP contribution in [-0.2, 0) is 9.59 Å². The molecule has 0 aliphatic heterocycles. The lowest BCUT2D eigenvalue weighted by Crippen LogP contribution is -2.53. The van der Waals surface area contributed by atoms with Gasteiger partial charge in [-0.25, -0.2) is 0 Å². The van der Waals surface area contributed by atoms with Crippen molar-refractivity contribution >= 4 is 11.8 Å². The first-order chi connectivity index (χ1) is 7.77. The van der Waals surface area contributed by atoms with Crippen LogP contribution < -0.4 is 10.6 Å². The zero-order valence-corrected chi connectivity index (χ0v) is 9.91. The third-order valence-electron chi connectivity index (χ3n) is 1.57. The van der Waals surface area contributed by atoms with Crippen molar-refractivity contribution in [2.45, 2.75) is 38.4 Å². The summed E-state index contributed by atoms with van der Waals surface area (Å²) in [6.07, 6.45) is -5.99. The maximum atomic E-state index is 12.4. The van der Waals surface area contributed by atoms with Crippen LogP contribution in [0.1, 0.15) is 20.8 Å². The molecule has 0 bridgehead atoms. The molecule has 0 radical (unpaired) electrons. The molecule has 0 heterocycles. The van der Waals surface area contributed by atoms with Gasteiger partial charge in [-0.15, -0.1) is 0 Å². The zero-order chi connectivity index (χ0) is 14.8. The Morgan fingerprint density at radius 3 is 1.78 bits per heavy atom. The Balaban J connectivity index is 4.41. The van der Waals surface area contributed by atoms with E-state index in [4.69, 9.17) is 0 Å². The molecule has 106 valence electrons. The molecule has 0 unspecified atom stereocenters. The quantitative estimate of drug-likeness (QED) is 0.761. The van der Waals surface area contributed by atoms with Crippen molar-refractivity contribution in [1.29, 1.82) is 0 Å². The summed E-state index contributed by atoms with van der Waals surface area (Å²) < 4.78 is 60.2. The average molecular weight is 276 g/mol. The summed E-state index contributed by atoms with van der Waals surface area (Å²) in [6, 6.07) is 0. The Morgan fingerprint density at radius 2 is 1.44 bits per heavy atom. The SMILES string of the molecule is CC(C)(C)NC(=O)CNC(=O)C(F)(F)C(F)(F)F. The highest BCUT2D eigenvalue weighted by molar-refractivity contribution is 5.89. The Morgan fingerprint density at radius 1 is 1.00 bits per heavy atom. The molecule has 0 saturated heterocycles. The van der Waals surface area contributed by atoms with E-state index in [1.54, 1.807) is 20.8 Å². The third kappa shape index (κ3) is 4.84. The number of hydrogen-bond donors (Lipinski definition) is 2. The Labute approximate surface area is 99.9 Å². The van der Waals surface area contributed by atoms with Gasteiger partial charge in [0.05, 0.1) is 6.54 Å². The number of amides is 2. The van der Waals surface area contributed by atoms with E-state index in [1.807, 2.05) is 0 Å². The van der Waals surface area contributed by atoms with Crippen molar-refractivity contribution in [3.05, 3.63) is 0 Å². The lowest BCUT2D eigenvalue weighted by Gasteiger charge is -2.22. The predicted octanol–water partition coefficient (Wildman–Crippen LogP) is 1.21. The molecule has 2 N–H and O–H groups in total. The molecule has 0 spiro atoms. The van der Waals surface area contributed by atoms with E-state index in [0.717, 1.165) is 0 Å². The molecule has 2 amide bonds. The first-order valence-electron chi connectivity index (χ1n) is 4.81. The van der Waals surface area contributed by atoms with Crippen LogP contribution in [0, 0.1) is 0 Å². The van der Waals surface area contributed by atoms with Crippen molar-refractivity contribution in [2.24, 2.45) is 0 Å². The van der Waals surface area contributed by atoms with Crippen LogP contribution in [0.15, 0.2) is 0 Å². The van der Waals surface area contributed by atoms with E-state index in [0.29, 0.717) is 0 Å². The molecule has 9 heteroatoms. The molecular formula is C9H13F5N2O2. The molecule has 0 saturated carbocycles. The standard InChI is InChI=1S/C9H13F5N2O2/c1-7(2,3)16-5(17)4-15-6(18)8(10,11)9(12,13)14/h4H2,1-3H3,(H,15,18)(H,16,17). The Bertz CT molecular complexity index is 333. The second-order valence-electron chi connectivity index (χ2n) is 4.55. The third-order valence-corrected chi connectivity index (χ3v) is 1.57. The monoisotopic (exact) mass is 276 g/mol. The first-order valence-corrected chi connectivity index (χ1v) is 4.81. The second-order valence-corrected chi connectivity index (χ2v) is 4.55. The first kappa shape index (κ1) is 16.6. The van der Waals surface area contributed by atoms with Crippen molar-refractivity contribution in [2.75, 3.05) is 6.54 Å². The highest BCUT2D eigenvalue weighted by atomic mass is 19.4. The van der Waals surface area contributed by atoms with Gasteiger partial charge in [0.15, 0.2) is 0 Å². The fourth-order valence-electron chi connectivity index (χ4n) is 0.863. The number of halogens is 5. The van der Waals surface area contributed by atoms with Crippen LogP contribution in [0.4, 0.5) is 22.0 Å². The number of rotatable bonds is 3. The summed E-state index contributed by atoms with van der Waals surface area (Å²) in [7, 11) is 0. The van der Waals surface area contributed by atoms with Crippen LogP contribution in [0.25, 0.3) is 0 Å². The number of carbonyl (C=O) groups is 2. The molecule has 0 fully saturated rings. The van der Waals surface area contributed by atoms with Gasteiger partial charge in [0.25, 0.3) is 0 Å². The van der Waals surface area contributed by atoms with Crippen LogP contribution in [0.5, 0.6) is 0 Å². The molecule has 0 aliphatic rings. The van der Waals surface area contributed by atoms with Gasteiger partial charge < -0.3 is 10.6 Å². The predicted molar refractivity (Wildman–Crippen MR) is 51.9 cm³/mol. The molecule has 0 atom stereocenters. The average Bonchev–Trinajstić information content (AvgIpc) is 2.09. The Hall–Kier alpha value is -1.41. The molecule has 0 aromatic carbocycles. The maximum Gasteiger partial charge on any atom is 0.463 e. The topological polar surface area (TPSA) is 58.2 Å². The summed E-state index contributed by atoms with van der Waals surface area (Å²) in [4.78, 5) is 21.7. The number of hydrogen-bond acceptors (Lipinski definition) is 2. The van der Waals surface area contributed by atoms with Gasteiger partial charge in [0, 0.05) is 5.54 Å². The van der Waals surface area contributed by atoms with Gasteiger partial charge in [-0.1, -0.05) is 0 Å². The molecule has 0 aromatic rings. The lowest BCUT2D eigenvalue weighted by atomic mass is 10.1. The van der Waals surface area contributed by atoms with E-state index in [2.05, 4.69) is 5.32 Å². The van der Waals surface area contributed by atoms with Crippen LogP contribution >= 0.6 is 0 Å². The molecule has 0 aromatic heterocycles. The van der Waals surface area contributed by atoms with Gasteiger partial charge in [0.1, 0.15) is 0 Å². The summed E-state index contributed by atoms with van der Waals surface area (Å²) >= 11 is 0. The molecule has 0 aliphatic carbocycles.